The maximum absolute atomic E-state index is 14.2. The van der Waals surface area contributed by atoms with Crippen LogP contribution in [0, 0.1) is 5.82 Å². The van der Waals surface area contributed by atoms with Gasteiger partial charge in [0.1, 0.15) is 24.0 Å². The molecule has 2 N–H and O–H groups in total. The van der Waals surface area contributed by atoms with Crippen molar-refractivity contribution in [1.82, 2.24) is 20.0 Å². The van der Waals surface area contributed by atoms with Crippen molar-refractivity contribution in [2.75, 3.05) is 18.6 Å². The Bertz CT molecular complexity index is 1430. The molecule has 13 heteroatoms. The number of hydrogen-bond donors (Lipinski definition) is 2. The number of aliphatic hydroxyl groups is 2. The fourth-order valence-corrected chi connectivity index (χ4v) is 5.39. The lowest BCUT2D eigenvalue weighted by molar-refractivity contribution is -0.169. The molecule has 5 rings (SSSR count). The third kappa shape index (κ3) is 4.47. The highest BCUT2D eigenvalue weighted by atomic mass is 35.5. The Morgan fingerprint density at radius 1 is 1.33 bits per heavy atom. The van der Waals surface area contributed by atoms with Gasteiger partial charge in [-0.3, -0.25) is 4.79 Å². The maximum atomic E-state index is 14.2. The number of aromatic nitrogens is 4. The van der Waals surface area contributed by atoms with Crippen molar-refractivity contribution in [2.45, 2.75) is 30.8 Å². The molecule has 2 aromatic heterocycles. The molecule has 0 radical (unpaired) electrons. The van der Waals surface area contributed by atoms with E-state index in [2.05, 4.69) is 15.3 Å². The van der Waals surface area contributed by atoms with E-state index in [-0.39, 0.29) is 33.6 Å². The number of carbonyl (C=O) groups is 1. The summed E-state index contributed by atoms with van der Waals surface area (Å²) in [6.07, 6.45) is -1.62. The van der Waals surface area contributed by atoms with E-state index in [1.807, 2.05) is 12.1 Å². The smallest absolute Gasteiger partial charge is 0.255 e. The molecule has 3 heterocycles. The number of halogens is 3. The van der Waals surface area contributed by atoms with E-state index in [9.17, 15) is 19.4 Å². The average Bonchev–Trinajstić information content (AvgIpc) is 3.56. The second kappa shape index (κ2) is 10.0. The van der Waals surface area contributed by atoms with E-state index >= 15 is 0 Å². The molecule has 1 amide bonds. The maximum Gasteiger partial charge on any atom is 0.255 e. The van der Waals surface area contributed by atoms with Gasteiger partial charge in [-0.05, 0) is 30.3 Å². The van der Waals surface area contributed by atoms with Gasteiger partial charge in [-0.25, -0.2) is 14.1 Å². The summed E-state index contributed by atoms with van der Waals surface area (Å²) >= 11 is 13.3. The number of nitrogens with zero attached hydrogens (tertiary/aromatic N) is 5. The predicted molar refractivity (Wildman–Crippen MR) is 134 cm³/mol. The lowest BCUT2D eigenvalue weighted by atomic mass is 9.94. The van der Waals surface area contributed by atoms with Crippen LogP contribution in [0.4, 0.5) is 10.1 Å². The second-order valence-electron chi connectivity index (χ2n) is 8.35. The summed E-state index contributed by atoms with van der Waals surface area (Å²) in [5, 5.41) is 28.5. The van der Waals surface area contributed by atoms with Crippen LogP contribution < -0.4 is 4.90 Å². The Morgan fingerprint density at radius 2 is 2.14 bits per heavy atom. The first kappa shape index (κ1) is 25.0. The summed E-state index contributed by atoms with van der Waals surface area (Å²) in [5.41, 5.74) is 3.76. The summed E-state index contributed by atoms with van der Waals surface area (Å²) in [6, 6.07) is 7.60. The number of hydrogen-bond acceptors (Lipinski definition) is 8. The quantitative estimate of drug-likeness (QED) is 0.363. The first-order chi connectivity index (χ1) is 17.3. The molecule has 188 valence electrons. The van der Waals surface area contributed by atoms with Crippen molar-refractivity contribution in [3.8, 4) is 11.3 Å². The molecule has 1 aliphatic heterocycles. The van der Waals surface area contributed by atoms with E-state index in [4.69, 9.17) is 27.9 Å². The number of ether oxygens (including phenoxy) is 1. The summed E-state index contributed by atoms with van der Waals surface area (Å²) in [7, 11) is 1.63. The van der Waals surface area contributed by atoms with Gasteiger partial charge < -0.3 is 19.8 Å². The Morgan fingerprint density at radius 3 is 2.92 bits per heavy atom. The summed E-state index contributed by atoms with van der Waals surface area (Å²) in [6.45, 7) is -0.506. The van der Waals surface area contributed by atoms with Crippen molar-refractivity contribution in [3.63, 3.8) is 0 Å². The minimum atomic E-state index is -1.18. The molecule has 1 aliphatic rings. The molecular weight excluding hydrogens is 532 g/mol. The van der Waals surface area contributed by atoms with E-state index in [0.717, 1.165) is 10.2 Å². The fourth-order valence-electron chi connectivity index (χ4n) is 4.21. The summed E-state index contributed by atoms with van der Waals surface area (Å²) < 4.78 is 22.2. The van der Waals surface area contributed by atoms with Crippen LogP contribution in [0.15, 0.2) is 42.0 Å². The average molecular weight is 552 g/mol. The number of benzene rings is 2. The molecule has 0 aliphatic carbocycles. The van der Waals surface area contributed by atoms with E-state index < -0.39 is 36.8 Å². The van der Waals surface area contributed by atoms with Crippen molar-refractivity contribution in [2.24, 2.45) is 0 Å². The van der Waals surface area contributed by atoms with E-state index in [0.29, 0.717) is 5.69 Å². The van der Waals surface area contributed by atoms with Gasteiger partial charge in [0.15, 0.2) is 5.82 Å². The normalized spacial score (nSPS) is 22.2. The van der Waals surface area contributed by atoms with Crippen LogP contribution in [-0.2, 0) is 9.53 Å². The number of aliphatic hydroxyl groups excluding tert-OH is 2. The first-order valence-electron chi connectivity index (χ1n) is 10.9. The lowest BCUT2D eigenvalue weighted by Gasteiger charge is -2.39. The van der Waals surface area contributed by atoms with Crippen LogP contribution in [-0.4, -0.2) is 68.1 Å². The Balaban J connectivity index is 1.41. The molecule has 4 atom stereocenters. The van der Waals surface area contributed by atoms with Crippen LogP contribution in [0.1, 0.15) is 12.5 Å². The molecule has 2 aromatic carbocycles. The van der Waals surface area contributed by atoms with Crippen LogP contribution in [0.3, 0.4) is 0 Å². The standard InChI is InChI=1S/C23H20Cl2FN5O4S/c1-30(11-2-5-14-19(6-11)36-10-27-14)23(34)17-7-16(22(33)18(9-32)35-17)31-8-15(28-29-31)12-3-4-13(24)21(26)20(12)25/h2-6,8,10,16-18,22,32-33H,7,9H2,1H3/t16-,17-,18-,22-/m1/s1. The van der Waals surface area contributed by atoms with Crippen molar-refractivity contribution < 1.29 is 24.1 Å². The minimum absolute atomic E-state index is 0.0646. The van der Waals surface area contributed by atoms with Gasteiger partial charge in [-0.15, -0.1) is 16.4 Å². The SMILES string of the molecule is CN(C(=O)[C@H]1C[C@@H](n2cc(-c3ccc(Cl)c(F)c3Cl)nn2)[C@@H](O)[C@@H](CO)O1)c1ccc2ncsc2c1. The number of likely N-dealkylation sites (N-methyl/N-ethyl adjacent to an activating group) is 1. The van der Waals surface area contributed by atoms with Crippen molar-refractivity contribution in [1.29, 1.82) is 0 Å². The number of anilines is 1. The molecule has 36 heavy (non-hydrogen) atoms. The number of thiazole rings is 1. The number of fused-ring (bicyclic) bond motifs is 1. The van der Waals surface area contributed by atoms with Crippen molar-refractivity contribution in [3.05, 3.63) is 57.9 Å². The summed E-state index contributed by atoms with van der Waals surface area (Å²) in [5.74, 6) is -1.13. The zero-order valence-corrected chi connectivity index (χ0v) is 21.1. The monoisotopic (exact) mass is 551 g/mol. The summed E-state index contributed by atoms with van der Waals surface area (Å²) in [4.78, 5) is 19.1. The van der Waals surface area contributed by atoms with Gasteiger partial charge in [-0.1, -0.05) is 28.4 Å². The largest absolute Gasteiger partial charge is 0.394 e. The third-order valence-corrected chi connectivity index (χ3v) is 7.67. The highest BCUT2D eigenvalue weighted by Gasteiger charge is 2.42. The molecule has 0 saturated carbocycles. The van der Waals surface area contributed by atoms with Crippen LogP contribution >= 0.6 is 34.5 Å². The molecular formula is C23H20Cl2FN5O4S. The molecule has 0 bridgehead atoms. The molecule has 1 saturated heterocycles. The Hall–Kier alpha value is -2.67. The van der Waals surface area contributed by atoms with Gasteiger partial charge in [0.25, 0.3) is 5.91 Å². The van der Waals surface area contributed by atoms with E-state index in [1.165, 1.54) is 39.2 Å². The number of carbonyl (C=O) groups excluding carboxylic acids is 1. The highest BCUT2D eigenvalue weighted by Crippen LogP contribution is 2.35. The third-order valence-electron chi connectivity index (χ3n) is 6.22. The van der Waals surface area contributed by atoms with Gasteiger partial charge >= 0.3 is 0 Å². The van der Waals surface area contributed by atoms with Crippen LogP contribution in [0.2, 0.25) is 10.0 Å². The zero-order chi connectivity index (χ0) is 25.6. The van der Waals surface area contributed by atoms with Gasteiger partial charge in [0.05, 0.1) is 44.6 Å². The zero-order valence-electron chi connectivity index (χ0n) is 18.8. The first-order valence-corrected chi connectivity index (χ1v) is 12.5. The number of amides is 1. The van der Waals surface area contributed by atoms with E-state index in [1.54, 1.807) is 18.6 Å². The lowest BCUT2D eigenvalue weighted by Crippen LogP contribution is -2.52. The predicted octanol–water partition coefficient (Wildman–Crippen LogP) is 3.72. The van der Waals surface area contributed by atoms with Gasteiger partial charge in [-0.2, -0.15) is 0 Å². The highest BCUT2D eigenvalue weighted by molar-refractivity contribution is 7.16. The molecule has 1 fully saturated rings. The second-order valence-corrected chi connectivity index (χ2v) is 10.0. The molecule has 4 aromatic rings. The van der Waals surface area contributed by atoms with Crippen molar-refractivity contribution >= 4 is 56.3 Å². The van der Waals surface area contributed by atoms with Gasteiger partial charge in [0.2, 0.25) is 0 Å². The molecule has 0 spiro atoms. The van der Waals surface area contributed by atoms with Gasteiger partial charge in [0, 0.05) is 24.7 Å². The number of rotatable bonds is 5. The Labute approximate surface area is 218 Å². The minimum Gasteiger partial charge on any atom is -0.394 e. The molecule has 0 unspecified atom stereocenters. The fraction of sp³-hybridized carbons (Fsp3) is 0.304. The molecule has 9 nitrogen and oxygen atoms in total. The van der Waals surface area contributed by atoms with Crippen LogP contribution in [0.25, 0.3) is 21.5 Å². The van der Waals surface area contributed by atoms with Crippen LogP contribution in [0.5, 0.6) is 0 Å². The Kier molecular flexibility index (Phi) is 6.95. The topological polar surface area (TPSA) is 114 Å².